The summed E-state index contributed by atoms with van der Waals surface area (Å²) in [6, 6.07) is 1.14. The van der Waals surface area contributed by atoms with Gasteiger partial charge in [0.1, 0.15) is 10.6 Å². The molecule has 0 N–H and O–H groups in total. The van der Waals surface area contributed by atoms with Crippen LogP contribution in [0.2, 0.25) is 0 Å². The average Bonchev–Trinajstić information content (AvgIpc) is 1.99. The zero-order chi connectivity index (χ0) is 11.6. The Kier molecular flexibility index (Phi) is 3.72. The van der Waals surface area contributed by atoms with Gasteiger partial charge in [0.2, 0.25) is 0 Å². The Balaban J connectivity index is 3.11. The largest absolute Gasteiger partial charge is 0.408 e. The van der Waals surface area contributed by atoms with Gasteiger partial charge in [-0.1, -0.05) is 0 Å². The molecule has 2 nitrogen and oxygen atoms in total. The fourth-order valence-corrected chi connectivity index (χ4v) is 1.75. The van der Waals surface area contributed by atoms with Crippen LogP contribution < -0.4 is 0 Å². The lowest BCUT2D eigenvalue weighted by Gasteiger charge is -2.26. The lowest BCUT2D eigenvalue weighted by atomic mass is 10.1. The van der Waals surface area contributed by atoms with Crippen LogP contribution in [-0.4, -0.2) is 30.2 Å². The smallest absolute Gasteiger partial charge is 0.295 e. The summed E-state index contributed by atoms with van der Waals surface area (Å²) in [6.07, 6.45) is -2.94. The molecule has 0 radical (unpaired) electrons. The molecule has 0 aliphatic heterocycles. The van der Waals surface area contributed by atoms with E-state index >= 15 is 0 Å². The molecule has 0 aromatic carbocycles. The van der Waals surface area contributed by atoms with Crippen LogP contribution in [0.3, 0.4) is 0 Å². The zero-order valence-electron chi connectivity index (χ0n) is 8.22. The average molecular weight is 283 g/mol. The topological polar surface area (TPSA) is 16.1 Å². The molecule has 0 fully saturated rings. The third-order valence-corrected chi connectivity index (χ3v) is 2.33. The second kappa shape index (κ2) is 4.49. The molecule has 6 heteroatoms. The molecule has 0 bridgehead atoms. The lowest BCUT2D eigenvalue weighted by molar-refractivity contribution is -0.179. The Hall–Kier alpha value is -0.620. The first-order valence-corrected chi connectivity index (χ1v) is 4.96. The predicted octanol–water partition coefficient (Wildman–Crippen LogP) is 3.01. The standard InChI is InChI=1S/C9H10BrF3N2/c1-15(2)8(9(11,12)13)6-3-4-14-7(10)5-6/h3-5,8H,1-2H3. The molecule has 84 valence electrons. The monoisotopic (exact) mass is 282 g/mol. The number of halogens is 4. The Labute approximate surface area is 94.2 Å². The first-order valence-electron chi connectivity index (χ1n) is 4.17. The number of hydrogen-bond donors (Lipinski definition) is 0. The van der Waals surface area contributed by atoms with E-state index in [-0.39, 0.29) is 5.56 Å². The molecule has 0 spiro atoms. The minimum absolute atomic E-state index is 0.175. The van der Waals surface area contributed by atoms with Gasteiger partial charge in [-0.05, 0) is 47.7 Å². The van der Waals surface area contributed by atoms with E-state index < -0.39 is 12.2 Å². The van der Waals surface area contributed by atoms with E-state index in [0.717, 1.165) is 4.90 Å². The van der Waals surface area contributed by atoms with Crippen LogP contribution in [0.1, 0.15) is 11.6 Å². The molecule has 1 atom stereocenters. The molecule has 1 aromatic heterocycles. The van der Waals surface area contributed by atoms with Gasteiger partial charge in [0.05, 0.1) is 0 Å². The van der Waals surface area contributed by atoms with E-state index in [4.69, 9.17) is 0 Å². The van der Waals surface area contributed by atoms with Gasteiger partial charge < -0.3 is 0 Å². The van der Waals surface area contributed by atoms with Crippen LogP contribution >= 0.6 is 15.9 Å². The van der Waals surface area contributed by atoms with E-state index in [1.165, 1.54) is 32.4 Å². The van der Waals surface area contributed by atoms with E-state index in [1.807, 2.05) is 0 Å². The predicted molar refractivity (Wildman–Crippen MR) is 54.4 cm³/mol. The van der Waals surface area contributed by atoms with E-state index in [2.05, 4.69) is 20.9 Å². The fourth-order valence-electron chi connectivity index (χ4n) is 1.37. The van der Waals surface area contributed by atoms with Crippen molar-refractivity contribution in [2.45, 2.75) is 12.2 Å². The number of aromatic nitrogens is 1. The number of alkyl halides is 3. The van der Waals surface area contributed by atoms with Gasteiger partial charge in [-0.15, -0.1) is 0 Å². The summed E-state index contributed by atoms with van der Waals surface area (Å²) in [5, 5.41) is 0. The first-order chi connectivity index (χ1) is 6.82. The summed E-state index contributed by atoms with van der Waals surface area (Å²) in [5.74, 6) is 0. The highest BCUT2D eigenvalue weighted by Crippen LogP contribution is 2.36. The molecule has 0 saturated heterocycles. The maximum atomic E-state index is 12.7. The quantitative estimate of drug-likeness (QED) is 0.776. The van der Waals surface area contributed by atoms with Crippen molar-refractivity contribution in [2.75, 3.05) is 14.1 Å². The molecule has 1 aromatic rings. The minimum Gasteiger partial charge on any atom is -0.295 e. The Morgan fingerprint density at radius 3 is 2.40 bits per heavy atom. The van der Waals surface area contributed by atoms with Crippen LogP contribution in [0.15, 0.2) is 22.9 Å². The Morgan fingerprint density at radius 1 is 1.40 bits per heavy atom. The van der Waals surface area contributed by atoms with Crippen molar-refractivity contribution in [3.05, 3.63) is 28.5 Å². The molecule has 15 heavy (non-hydrogen) atoms. The van der Waals surface area contributed by atoms with Crippen LogP contribution in [0.4, 0.5) is 13.2 Å². The van der Waals surface area contributed by atoms with Gasteiger partial charge in [0, 0.05) is 6.20 Å². The van der Waals surface area contributed by atoms with Gasteiger partial charge in [0.15, 0.2) is 0 Å². The minimum atomic E-state index is -4.29. The zero-order valence-corrected chi connectivity index (χ0v) is 9.80. The van der Waals surface area contributed by atoms with E-state index in [9.17, 15) is 13.2 Å². The lowest BCUT2D eigenvalue weighted by Crippen LogP contribution is -2.33. The van der Waals surface area contributed by atoms with Gasteiger partial charge in [-0.3, -0.25) is 4.90 Å². The molecule has 0 aliphatic rings. The first kappa shape index (κ1) is 12.4. The van der Waals surface area contributed by atoms with Crippen molar-refractivity contribution < 1.29 is 13.2 Å². The van der Waals surface area contributed by atoms with Gasteiger partial charge >= 0.3 is 6.18 Å². The summed E-state index contributed by atoms with van der Waals surface area (Å²) in [5.41, 5.74) is 0.175. The molecular weight excluding hydrogens is 273 g/mol. The van der Waals surface area contributed by atoms with E-state index in [1.54, 1.807) is 0 Å². The summed E-state index contributed by atoms with van der Waals surface area (Å²) in [7, 11) is 2.79. The van der Waals surface area contributed by atoms with Crippen LogP contribution in [0.25, 0.3) is 0 Å². The summed E-state index contributed by atoms with van der Waals surface area (Å²) >= 11 is 3.05. The van der Waals surface area contributed by atoms with Crippen molar-refractivity contribution >= 4 is 15.9 Å². The third-order valence-electron chi connectivity index (χ3n) is 1.89. The number of pyridine rings is 1. The maximum absolute atomic E-state index is 12.7. The highest BCUT2D eigenvalue weighted by molar-refractivity contribution is 9.10. The fraction of sp³-hybridized carbons (Fsp3) is 0.444. The highest BCUT2D eigenvalue weighted by atomic mass is 79.9. The Morgan fingerprint density at radius 2 is 2.00 bits per heavy atom. The van der Waals surface area contributed by atoms with Crippen LogP contribution in [-0.2, 0) is 0 Å². The summed E-state index contributed by atoms with van der Waals surface area (Å²) in [4.78, 5) is 4.92. The third kappa shape index (κ3) is 3.17. The van der Waals surface area contributed by atoms with Crippen LogP contribution in [0.5, 0.6) is 0 Å². The Bertz CT molecular complexity index is 338. The van der Waals surface area contributed by atoms with Crippen molar-refractivity contribution in [1.82, 2.24) is 9.88 Å². The molecular formula is C9H10BrF3N2. The second-order valence-corrected chi connectivity index (χ2v) is 4.13. The summed E-state index contributed by atoms with van der Waals surface area (Å²) in [6.45, 7) is 0. The molecule has 1 rings (SSSR count). The SMILES string of the molecule is CN(C)C(c1ccnc(Br)c1)C(F)(F)F. The summed E-state index contributed by atoms with van der Waals surface area (Å²) < 4.78 is 38.5. The van der Waals surface area contributed by atoms with Gasteiger partial charge in [0.25, 0.3) is 0 Å². The normalized spacial score (nSPS) is 14.3. The van der Waals surface area contributed by atoms with Crippen molar-refractivity contribution in [3.63, 3.8) is 0 Å². The molecule has 0 saturated carbocycles. The molecule has 0 amide bonds. The maximum Gasteiger partial charge on any atom is 0.408 e. The number of nitrogens with zero attached hydrogens (tertiary/aromatic N) is 2. The number of rotatable bonds is 2. The van der Waals surface area contributed by atoms with Gasteiger partial charge in [-0.2, -0.15) is 13.2 Å². The number of hydrogen-bond acceptors (Lipinski definition) is 2. The molecule has 1 heterocycles. The highest BCUT2D eigenvalue weighted by Gasteiger charge is 2.42. The van der Waals surface area contributed by atoms with Crippen molar-refractivity contribution in [3.8, 4) is 0 Å². The molecule has 1 unspecified atom stereocenters. The van der Waals surface area contributed by atoms with Crippen molar-refractivity contribution in [1.29, 1.82) is 0 Å². The van der Waals surface area contributed by atoms with E-state index in [0.29, 0.717) is 4.60 Å². The second-order valence-electron chi connectivity index (χ2n) is 3.32. The van der Waals surface area contributed by atoms with Crippen molar-refractivity contribution in [2.24, 2.45) is 0 Å². The molecule has 0 aliphatic carbocycles. The van der Waals surface area contributed by atoms with Crippen LogP contribution in [0, 0.1) is 0 Å². The van der Waals surface area contributed by atoms with Gasteiger partial charge in [-0.25, -0.2) is 4.98 Å².